The minimum absolute atomic E-state index is 0.267. The fourth-order valence-corrected chi connectivity index (χ4v) is 4.12. The van der Waals surface area contributed by atoms with Crippen molar-refractivity contribution in [2.24, 2.45) is 4.99 Å². The number of hydrogen-bond acceptors (Lipinski definition) is 4. The standard InChI is InChI=1S/C23H27N5O/c1-3-21(29)28-14-10-17(11-15-28)16-4-6-18(7-5-16)19-8-9-20-22(23(24-2)27-19)26-13-12-25-20/h4-8,12-13,17H,3,9-11,14-15H2,1-2H3,(H,24,27). The fraction of sp³-hybridized carbons (Fsp3) is 0.391. The summed E-state index contributed by atoms with van der Waals surface area (Å²) in [4.78, 5) is 27.1. The Morgan fingerprint density at radius 3 is 2.59 bits per heavy atom. The summed E-state index contributed by atoms with van der Waals surface area (Å²) in [5.74, 6) is 1.53. The lowest BCUT2D eigenvalue weighted by atomic mass is 9.88. The van der Waals surface area contributed by atoms with Crippen LogP contribution in [-0.4, -0.2) is 46.7 Å². The number of nitrogens with one attached hydrogen (secondary N) is 1. The number of carbonyl (C=O) groups is 1. The summed E-state index contributed by atoms with van der Waals surface area (Å²) < 4.78 is 0. The van der Waals surface area contributed by atoms with Gasteiger partial charge in [-0.1, -0.05) is 37.3 Å². The van der Waals surface area contributed by atoms with Crippen molar-refractivity contribution in [3.8, 4) is 0 Å². The molecule has 2 aromatic rings. The van der Waals surface area contributed by atoms with Crippen LogP contribution in [0.1, 0.15) is 54.6 Å². The van der Waals surface area contributed by atoms with Crippen LogP contribution < -0.4 is 5.32 Å². The predicted molar refractivity (Wildman–Crippen MR) is 115 cm³/mol. The molecular formula is C23H27N5O. The van der Waals surface area contributed by atoms with E-state index >= 15 is 0 Å². The zero-order valence-electron chi connectivity index (χ0n) is 17.1. The van der Waals surface area contributed by atoms with E-state index in [2.05, 4.69) is 50.6 Å². The Bertz CT molecular complexity index is 940. The van der Waals surface area contributed by atoms with Crippen molar-refractivity contribution in [3.05, 3.63) is 65.2 Å². The van der Waals surface area contributed by atoms with Gasteiger partial charge in [-0.25, -0.2) is 4.98 Å². The molecule has 0 spiro atoms. The van der Waals surface area contributed by atoms with Gasteiger partial charge in [0.25, 0.3) is 0 Å². The molecule has 1 amide bonds. The van der Waals surface area contributed by atoms with Crippen molar-refractivity contribution >= 4 is 17.4 Å². The number of nitrogens with zero attached hydrogens (tertiary/aromatic N) is 4. The van der Waals surface area contributed by atoms with Crippen LogP contribution in [0.3, 0.4) is 0 Å². The van der Waals surface area contributed by atoms with Crippen molar-refractivity contribution in [1.29, 1.82) is 0 Å². The van der Waals surface area contributed by atoms with Crippen molar-refractivity contribution < 1.29 is 4.79 Å². The van der Waals surface area contributed by atoms with Crippen LogP contribution in [-0.2, 0) is 11.2 Å². The van der Waals surface area contributed by atoms with E-state index in [4.69, 9.17) is 0 Å². The van der Waals surface area contributed by atoms with E-state index in [0.717, 1.165) is 60.8 Å². The normalized spacial score (nSPS) is 18.6. The second-order valence-corrected chi connectivity index (χ2v) is 7.50. The van der Waals surface area contributed by atoms with E-state index in [1.807, 2.05) is 11.8 Å². The first kappa shape index (κ1) is 19.3. The molecule has 0 unspecified atom stereocenters. The number of rotatable bonds is 3. The van der Waals surface area contributed by atoms with E-state index in [1.165, 1.54) is 5.56 Å². The summed E-state index contributed by atoms with van der Waals surface area (Å²) in [6.07, 6.45) is 8.95. The van der Waals surface area contributed by atoms with E-state index in [0.29, 0.717) is 12.3 Å². The average molecular weight is 390 g/mol. The summed E-state index contributed by atoms with van der Waals surface area (Å²) in [5.41, 5.74) is 5.25. The molecule has 2 aliphatic rings. The molecule has 6 nitrogen and oxygen atoms in total. The number of fused-ring (bicyclic) bond motifs is 1. The highest BCUT2D eigenvalue weighted by molar-refractivity contribution is 6.03. The molecule has 0 radical (unpaired) electrons. The van der Waals surface area contributed by atoms with Gasteiger partial charge in [0.1, 0.15) is 5.69 Å². The van der Waals surface area contributed by atoms with Crippen LogP contribution in [0.5, 0.6) is 0 Å². The molecular weight excluding hydrogens is 362 g/mol. The molecule has 29 heavy (non-hydrogen) atoms. The Hall–Kier alpha value is -3.02. The molecule has 1 fully saturated rings. The molecule has 0 bridgehead atoms. The quantitative estimate of drug-likeness (QED) is 0.875. The monoisotopic (exact) mass is 389 g/mol. The largest absolute Gasteiger partial charge is 0.343 e. The Kier molecular flexibility index (Phi) is 5.69. The second-order valence-electron chi connectivity index (χ2n) is 7.50. The van der Waals surface area contributed by atoms with Crippen LogP contribution in [0.4, 0.5) is 0 Å². The first-order valence-electron chi connectivity index (χ1n) is 10.3. The van der Waals surface area contributed by atoms with E-state index in [-0.39, 0.29) is 5.91 Å². The first-order chi connectivity index (χ1) is 14.2. The maximum atomic E-state index is 11.9. The summed E-state index contributed by atoms with van der Waals surface area (Å²) in [6.45, 7) is 3.66. The number of likely N-dealkylation sites (tertiary alicyclic amines) is 1. The lowest BCUT2D eigenvalue weighted by Gasteiger charge is -2.32. The van der Waals surface area contributed by atoms with Crippen LogP contribution in [0.2, 0.25) is 0 Å². The number of amides is 1. The molecule has 3 heterocycles. The molecule has 1 aromatic carbocycles. The fourth-order valence-electron chi connectivity index (χ4n) is 4.12. The lowest BCUT2D eigenvalue weighted by molar-refractivity contribution is -0.131. The van der Waals surface area contributed by atoms with E-state index < -0.39 is 0 Å². The molecule has 1 N–H and O–H groups in total. The van der Waals surface area contributed by atoms with Gasteiger partial charge in [0.05, 0.1) is 5.69 Å². The second kappa shape index (κ2) is 8.55. The maximum absolute atomic E-state index is 11.9. The topological polar surface area (TPSA) is 70.5 Å². The van der Waals surface area contributed by atoms with Gasteiger partial charge in [-0.05, 0) is 29.9 Å². The van der Waals surface area contributed by atoms with Gasteiger partial charge in [-0.2, -0.15) is 0 Å². The molecule has 0 atom stereocenters. The Morgan fingerprint density at radius 2 is 1.90 bits per heavy atom. The Labute approximate surface area is 171 Å². The molecule has 1 aromatic heterocycles. The highest BCUT2D eigenvalue weighted by Gasteiger charge is 2.23. The maximum Gasteiger partial charge on any atom is 0.222 e. The smallest absolute Gasteiger partial charge is 0.222 e. The molecule has 0 saturated carbocycles. The number of allylic oxidation sites excluding steroid dienone is 1. The van der Waals surface area contributed by atoms with Crippen molar-refractivity contribution in [3.63, 3.8) is 0 Å². The number of aromatic nitrogens is 2. The predicted octanol–water partition coefficient (Wildman–Crippen LogP) is 3.16. The Morgan fingerprint density at radius 1 is 1.17 bits per heavy atom. The minimum atomic E-state index is 0.267. The van der Waals surface area contributed by atoms with E-state index in [9.17, 15) is 4.79 Å². The molecule has 6 heteroatoms. The summed E-state index contributed by atoms with van der Waals surface area (Å²) >= 11 is 0. The number of hydrogen-bond donors (Lipinski definition) is 1. The number of carbonyl (C=O) groups excluding carboxylic acids is 1. The van der Waals surface area contributed by atoms with Crippen LogP contribution in [0, 0.1) is 0 Å². The minimum Gasteiger partial charge on any atom is -0.343 e. The van der Waals surface area contributed by atoms with Gasteiger partial charge in [0.2, 0.25) is 5.91 Å². The third-order valence-electron chi connectivity index (χ3n) is 5.82. The van der Waals surface area contributed by atoms with Gasteiger partial charge >= 0.3 is 0 Å². The molecule has 1 saturated heterocycles. The highest BCUT2D eigenvalue weighted by Crippen LogP contribution is 2.29. The molecule has 2 aliphatic heterocycles. The summed E-state index contributed by atoms with van der Waals surface area (Å²) in [5, 5.41) is 3.43. The number of amidine groups is 1. The van der Waals surface area contributed by atoms with Gasteiger partial charge in [0, 0.05) is 51.1 Å². The van der Waals surface area contributed by atoms with Gasteiger partial charge in [0.15, 0.2) is 5.84 Å². The molecule has 4 rings (SSSR count). The van der Waals surface area contributed by atoms with Crippen LogP contribution in [0.15, 0.2) is 47.7 Å². The first-order valence-corrected chi connectivity index (χ1v) is 10.3. The lowest BCUT2D eigenvalue weighted by Crippen LogP contribution is -2.37. The van der Waals surface area contributed by atoms with Crippen molar-refractivity contribution in [1.82, 2.24) is 20.2 Å². The van der Waals surface area contributed by atoms with Crippen LogP contribution in [0.25, 0.3) is 5.70 Å². The van der Waals surface area contributed by atoms with Gasteiger partial charge in [-0.15, -0.1) is 0 Å². The average Bonchev–Trinajstić information content (AvgIpc) is 2.98. The zero-order chi connectivity index (χ0) is 20.2. The number of benzene rings is 1. The van der Waals surface area contributed by atoms with Gasteiger partial charge < -0.3 is 10.2 Å². The van der Waals surface area contributed by atoms with Crippen molar-refractivity contribution in [2.75, 3.05) is 20.1 Å². The number of aliphatic imine (C=N–C) groups is 1. The van der Waals surface area contributed by atoms with Crippen LogP contribution >= 0.6 is 0 Å². The molecule has 0 aliphatic carbocycles. The van der Waals surface area contributed by atoms with E-state index in [1.54, 1.807) is 19.4 Å². The summed E-state index contributed by atoms with van der Waals surface area (Å²) in [6, 6.07) is 8.78. The number of piperidine rings is 1. The zero-order valence-corrected chi connectivity index (χ0v) is 17.1. The SMILES string of the molecule is CCC(=O)N1CCC(c2ccc(C3=CCc4nccnc4C(=NC)N3)cc2)CC1. The Balaban J connectivity index is 1.48. The van der Waals surface area contributed by atoms with Gasteiger partial charge in [-0.3, -0.25) is 14.8 Å². The third kappa shape index (κ3) is 4.06. The van der Waals surface area contributed by atoms with Crippen molar-refractivity contribution in [2.45, 2.75) is 38.5 Å². The summed E-state index contributed by atoms with van der Waals surface area (Å²) in [7, 11) is 1.77. The highest BCUT2D eigenvalue weighted by atomic mass is 16.2. The molecule has 150 valence electrons. The third-order valence-corrected chi connectivity index (χ3v) is 5.82.